The van der Waals surface area contributed by atoms with Crippen molar-refractivity contribution in [1.82, 2.24) is 9.55 Å². The maximum Gasteiger partial charge on any atom is 0.262 e. The Bertz CT molecular complexity index is 1110. The Morgan fingerprint density at radius 2 is 2.00 bits per heavy atom. The zero-order valence-corrected chi connectivity index (χ0v) is 17.8. The molecule has 0 atom stereocenters. The summed E-state index contributed by atoms with van der Waals surface area (Å²) >= 11 is 7.30. The number of nitrogens with zero attached hydrogens (tertiary/aromatic N) is 2. The van der Waals surface area contributed by atoms with Crippen LogP contribution in [0.3, 0.4) is 0 Å². The standard InChI is InChI=1S/C21H22ClN3O2S/c1-12(2)25-20(27)16-9-8-15(22)10-18(16)24-21(25)28-11-19(26)23-17-7-5-6-13(3)14(17)4/h5-10,12H,11H2,1-4H3,(H,23,26). The molecule has 0 saturated heterocycles. The lowest BCUT2D eigenvalue weighted by Crippen LogP contribution is -2.25. The molecule has 3 aromatic rings. The molecule has 5 nitrogen and oxygen atoms in total. The molecule has 1 amide bonds. The van der Waals surface area contributed by atoms with E-state index in [1.54, 1.807) is 22.8 Å². The van der Waals surface area contributed by atoms with Crippen LogP contribution in [-0.2, 0) is 4.79 Å². The number of anilines is 1. The van der Waals surface area contributed by atoms with Gasteiger partial charge in [0.1, 0.15) is 0 Å². The maximum absolute atomic E-state index is 12.9. The van der Waals surface area contributed by atoms with Crippen LogP contribution in [0.2, 0.25) is 5.02 Å². The quantitative estimate of drug-likeness (QED) is 0.471. The molecule has 0 radical (unpaired) electrons. The summed E-state index contributed by atoms with van der Waals surface area (Å²) in [5, 5.41) is 4.48. The minimum absolute atomic E-state index is 0.0790. The van der Waals surface area contributed by atoms with E-state index in [0.29, 0.717) is 21.1 Å². The Balaban J connectivity index is 1.87. The number of fused-ring (bicyclic) bond motifs is 1. The van der Waals surface area contributed by atoms with Crippen LogP contribution in [0.1, 0.15) is 31.0 Å². The molecule has 0 aliphatic rings. The zero-order chi connectivity index (χ0) is 20.4. The first-order valence-electron chi connectivity index (χ1n) is 8.98. The first-order valence-corrected chi connectivity index (χ1v) is 10.3. The van der Waals surface area contributed by atoms with E-state index >= 15 is 0 Å². The molecule has 0 saturated carbocycles. The molecule has 146 valence electrons. The lowest BCUT2D eigenvalue weighted by atomic mass is 10.1. The number of benzene rings is 2. The first kappa shape index (κ1) is 20.4. The Morgan fingerprint density at radius 1 is 1.25 bits per heavy atom. The summed E-state index contributed by atoms with van der Waals surface area (Å²) in [5.74, 6) is 0.00737. The van der Waals surface area contributed by atoms with Gasteiger partial charge in [0.05, 0.1) is 16.7 Å². The number of carbonyl (C=O) groups is 1. The SMILES string of the molecule is Cc1cccc(NC(=O)CSc2nc3cc(Cl)ccc3c(=O)n2C(C)C)c1C. The van der Waals surface area contributed by atoms with Gasteiger partial charge in [-0.25, -0.2) is 4.98 Å². The minimum atomic E-state index is -0.144. The molecule has 0 fully saturated rings. The Kier molecular flexibility index (Phi) is 6.10. The number of aryl methyl sites for hydroxylation is 1. The second-order valence-electron chi connectivity index (χ2n) is 6.91. The Morgan fingerprint density at radius 3 is 2.71 bits per heavy atom. The predicted octanol–water partition coefficient (Wildman–Crippen LogP) is 4.98. The molecule has 0 unspecified atom stereocenters. The van der Waals surface area contributed by atoms with E-state index in [4.69, 9.17) is 11.6 Å². The third kappa shape index (κ3) is 4.23. The lowest BCUT2D eigenvalue weighted by molar-refractivity contribution is -0.113. The topological polar surface area (TPSA) is 64.0 Å². The van der Waals surface area contributed by atoms with Crippen LogP contribution in [0.25, 0.3) is 10.9 Å². The van der Waals surface area contributed by atoms with Crippen LogP contribution in [0.5, 0.6) is 0 Å². The molecule has 28 heavy (non-hydrogen) atoms. The van der Waals surface area contributed by atoms with E-state index < -0.39 is 0 Å². The molecular formula is C21H22ClN3O2S. The van der Waals surface area contributed by atoms with Gasteiger partial charge in [0, 0.05) is 16.8 Å². The fraction of sp³-hybridized carbons (Fsp3) is 0.286. The average molecular weight is 416 g/mol. The smallest absolute Gasteiger partial charge is 0.262 e. The highest BCUT2D eigenvalue weighted by Crippen LogP contribution is 2.24. The highest BCUT2D eigenvalue weighted by atomic mass is 35.5. The Hall–Kier alpha value is -2.31. The summed E-state index contributed by atoms with van der Waals surface area (Å²) in [4.78, 5) is 29.9. The Labute approximate surface area is 173 Å². The van der Waals surface area contributed by atoms with Crippen molar-refractivity contribution in [2.45, 2.75) is 38.9 Å². The van der Waals surface area contributed by atoms with Crippen LogP contribution < -0.4 is 10.9 Å². The van der Waals surface area contributed by atoms with Crippen molar-refractivity contribution in [3.05, 3.63) is 62.9 Å². The van der Waals surface area contributed by atoms with Gasteiger partial charge in [0.25, 0.3) is 5.56 Å². The van der Waals surface area contributed by atoms with Crippen molar-refractivity contribution < 1.29 is 4.79 Å². The molecule has 0 spiro atoms. The van der Waals surface area contributed by atoms with Gasteiger partial charge in [-0.3, -0.25) is 14.2 Å². The number of nitrogens with one attached hydrogen (secondary N) is 1. The van der Waals surface area contributed by atoms with Crippen LogP contribution >= 0.6 is 23.4 Å². The maximum atomic E-state index is 12.9. The summed E-state index contributed by atoms with van der Waals surface area (Å²) in [5.41, 5.74) is 3.36. The van der Waals surface area contributed by atoms with Crippen molar-refractivity contribution in [2.24, 2.45) is 0 Å². The molecule has 1 heterocycles. The second-order valence-corrected chi connectivity index (χ2v) is 8.29. The fourth-order valence-corrected chi connectivity index (χ4v) is 4.01. The number of thioether (sulfide) groups is 1. The third-order valence-corrected chi connectivity index (χ3v) is 5.75. The van der Waals surface area contributed by atoms with E-state index in [9.17, 15) is 9.59 Å². The van der Waals surface area contributed by atoms with Gasteiger partial charge in [-0.1, -0.05) is 35.5 Å². The van der Waals surface area contributed by atoms with E-state index in [0.717, 1.165) is 16.8 Å². The number of rotatable bonds is 5. The second kappa shape index (κ2) is 8.37. The predicted molar refractivity (Wildman–Crippen MR) is 117 cm³/mol. The zero-order valence-electron chi connectivity index (χ0n) is 16.2. The number of aromatic nitrogens is 2. The van der Waals surface area contributed by atoms with E-state index in [1.807, 2.05) is 45.9 Å². The third-order valence-electron chi connectivity index (χ3n) is 4.56. The molecule has 0 aliphatic carbocycles. The van der Waals surface area contributed by atoms with Gasteiger partial charge in [-0.15, -0.1) is 0 Å². The summed E-state index contributed by atoms with van der Waals surface area (Å²) in [6.45, 7) is 7.82. The molecule has 3 rings (SSSR count). The molecule has 0 bridgehead atoms. The molecule has 0 aliphatic heterocycles. The summed E-state index contributed by atoms with van der Waals surface area (Å²) in [6.07, 6.45) is 0. The molecule has 1 aromatic heterocycles. The highest BCUT2D eigenvalue weighted by molar-refractivity contribution is 7.99. The van der Waals surface area contributed by atoms with Crippen LogP contribution in [0, 0.1) is 13.8 Å². The number of amides is 1. The van der Waals surface area contributed by atoms with Crippen molar-refractivity contribution in [2.75, 3.05) is 11.1 Å². The summed E-state index contributed by atoms with van der Waals surface area (Å²) in [6, 6.07) is 10.8. The van der Waals surface area contributed by atoms with Crippen molar-refractivity contribution in [3.63, 3.8) is 0 Å². The van der Waals surface area contributed by atoms with Crippen molar-refractivity contribution >= 4 is 45.9 Å². The first-order chi connectivity index (χ1) is 13.3. The van der Waals surface area contributed by atoms with Crippen LogP contribution in [-0.4, -0.2) is 21.2 Å². The summed E-state index contributed by atoms with van der Waals surface area (Å²) < 4.78 is 1.62. The fourth-order valence-electron chi connectivity index (χ4n) is 2.91. The molecular weight excluding hydrogens is 394 g/mol. The highest BCUT2D eigenvalue weighted by Gasteiger charge is 2.16. The minimum Gasteiger partial charge on any atom is -0.325 e. The number of hydrogen-bond acceptors (Lipinski definition) is 4. The van der Waals surface area contributed by atoms with Crippen molar-refractivity contribution in [1.29, 1.82) is 0 Å². The van der Waals surface area contributed by atoms with E-state index in [1.165, 1.54) is 11.8 Å². The molecule has 1 N–H and O–H groups in total. The van der Waals surface area contributed by atoms with E-state index in [-0.39, 0.29) is 23.3 Å². The number of halogens is 1. The number of hydrogen-bond donors (Lipinski definition) is 1. The van der Waals surface area contributed by atoms with Gasteiger partial charge >= 0.3 is 0 Å². The van der Waals surface area contributed by atoms with E-state index in [2.05, 4.69) is 10.3 Å². The van der Waals surface area contributed by atoms with Crippen LogP contribution in [0.15, 0.2) is 46.3 Å². The normalized spacial score (nSPS) is 11.2. The lowest BCUT2D eigenvalue weighted by Gasteiger charge is -2.16. The van der Waals surface area contributed by atoms with Gasteiger partial charge < -0.3 is 5.32 Å². The van der Waals surface area contributed by atoms with Crippen molar-refractivity contribution in [3.8, 4) is 0 Å². The average Bonchev–Trinajstić information content (AvgIpc) is 2.63. The largest absolute Gasteiger partial charge is 0.325 e. The number of carbonyl (C=O) groups excluding carboxylic acids is 1. The van der Waals surface area contributed by atoms with Gasteiger partial charge in [0.15, 0.2) is 5.16 Å². The van der Waals surface area contributed by atoms with Gasteiger partial charge in [-0.2, -0.15) is 0 Å². The summed E-state index contributed by atoms with van der Waals surface area (Å²) in [7, 11) is 0. The van der Waals surface area contributed by atoms with Crippen LogP contribution in [0.4, 0.5) is 5.69 Å². The van der Waals surface area contributed by atoms with Gasteiger partial charge in [0.2, 0.25) is 5.91 Å². The monoisotopic (exact) mass is 415 g/mol. The molecule has 7 heteroatoms. The molecule has 2 aromatic carbocycles. The van der Waals surface area contributed by atoms with Gasteiger partial charge in [-0.05, 0) is 63.1 Å².